The summed E-state index contributed by atoms with van der Waals surface area (Å²) < 4.78 is 10.7. The Morgan fingerprint density at radius 2 is 2.22 bits per heavy atom. The Hall–Kier alpha value is -1.39. The van der Waals surface area contributed by atoms with Crippen LogP contribution in [0.15, 0.2) is 24.3 Å². The van der Waals surface area contributed by atoms with E-state index in [4.69, 9.17) is 9.47 Å². The van der Waals surface area contributed by atoms with Crippen molar-refractivity contribution in [2.24, 2.45) is 0 Å². The van der Waals surface area contributed by atoms with Crippen LogP contribution in [-0.2, 0) is 11.3 Å². The lowest BCUT2D eigenvalue weighted by atomic mass is 10.3. The molecule has 0 fully saturated rings. The van der Waals surface area contributed by atoms with E-state index in [1.807, 2.05) is 38.1 Å². The minimum absolute atomic E-state index is 0.576. The average molecular weight is 250 g/mol. The third-order valence-electron chi connectivity index (χ3n) is 2.42. The Morgan fingerprint density at radius 3 is 2.94 bits per heavy atom. The van der Waals surface area contributed by atoms with E-state index in [1.165, 1.54) is 0 Å². The summed E-state index contributed by atoms with van der Waals surface area (Å²) in [4.78, 5) is 4.50. The van der Waals surface area contributed by atoms with Gasteiger partial charge in [0.15, 0.2) is 0 Å². The zero-order chi connectivity index (χ0) is 13.2. The molecular weight excluding hydrogens is 228 g/mol. The number of hydrogen-bond acceptors (Lipinski definition) is 4. The van der Waals surface area contributed by atoms with E-state index < -0.39 is 0 Å². The van der Waals surface area contributed by atoms with E-state index in [9.17, 15) is 0 Å². The molecule has 0 radical (unpaired) electrons. The number of rotatable bonds is 8. The van der Waals surface area contributed by atoms with Gasteiger partial charge >= 0.3 is 0 Å². The quantitative estimate of drug-likeness (QED) is 0.566. The number of allylic oxidation sites excluding steroid dienone is 1. The highest BCUT2D eigenvalue weighted by Gasteiger charge is 2.05. The standard InChI is InChI=1S/C14H22N2O2/c1-4-5-9-18-14-7-6-12(2)16-13(14)11-15-8-10-17-3/h4-7,15H,8-11H2,1-3H3. The van der Waals surface area contributed by atoms with Crippen LogP contribution in [0, 0.1) is 6.92 Å². The molecule has 0 saturated carbocycles. The fourth-order valence-corrected chi connectivity index (χ4v) is 1.47. The molecule has 0 aliphatic carbocycles. The van der Waals surface area contributed by atoms with E-state index >= 15 is 0 Å². The number of ether oxygens (including phenoxy) is 2. The molecule has 0 bridgehead atoms. The van der Waals surface area contributed by atoms with Gasteiger partial charge in [0.25, 0.3) is 0 Å². The van der Waals surface area contributed by atoms with Gasteiger partial charge in [-0.25, -0.2) is 0 Å². The van der Waals surface area contributed by atoms with E-state index in [1.54, 1.807) is 7.11 Å². The van der Waals surface area contributed by atoms with Crippen molar-refractivity contribution in [2.75, 3.05) is 26.9 Å². The third kappa shape index (κ3) is 5.29. The molecule has 4 nitrogen and oxygen atoms in total. The predicted molar refractivity (Wildman–Crippen MR) is 72.9 cm³/mol. The molecule has 1 heterocycles. The number of aromatic nitrogens is 1. The van der Waals surface area contributed by atoms with Crippen LogP contribution in [0.4, 0.5) is 0 Å². The van der Waals surface area contributed by atoms with Gasteiger partial charge < -0.3 is 14.8 Å². The molecule has 18 heavy (non-hydrogen) atoms. The van der Waals surface area contributed by atoms with Crippen LogP contribution in [0.5, 0.6) is 5.75 Å². The minimum atomic E-state index is 0.576. The number of nitrogens with one attached hydrogen (secondary N) is 1. The molecule has 1 aromatic rings. The number of hydrogen-bond donors (Lipinski definition) is 1. The van der Waals surface area contributed by atoms with Crippen molar-refractivity contribution in [3.05, 3.63) is 35.7 Å². The molecule has 4 heteroatoms. The summed E-state index contributed by atoms with van der Waals surface area (Å²) in [6.07, 6.45) is 3.94. The van der Waals surface area contributed by atoms with Gasteiger partial charge in [0.1, 0.15) is 12.4 Å². The largest absolute Gasteiger partial charge is 0.488 e. The molecule has 0 amide bonds. The maximum absolute atomic E-state index is 5.67. The molecule has 0 saturated heterocycles. The summed E-state index contributed by atoms with van der Waals surface area (Å²) in [5, 5.41) is 3.28. The van der Waals surface area contributed by atoms with Crippen molar-refractivity contribution in [2.45, 2.75) is 20.4 Å². The van der Waals surface area contributed by atoms with Gasteiger partial charge in [-0.1, -0.05) is 12.2 Å². The molecule has 0 aromatic carbocycles. The van der Waals surface area contributed by atoms with Crippen molar-refractivity contribution in [3.8, 4) is 5.75 Å². The Bertz CT molecular complexity index is 378. The lowest BCUT2D eigenvalue weighted by Gasteiger charge is -2.11. The summed E-state index contributed by atoms with van der Waals surface area (Å²) in [6.45, 7) is 6.72. The molecular formula is C14H22N2O2. The van der Waals surface area contributed by atoms with Crippen LogP contribution in [0.2, 0.25) is 0 Å². The van der Waals surface area contributed by atoms with Gasteiger partial charge in [0, 0.05) is 25.9 Å². The Kier molecular flexibility index (Phi) is 7.06. The molecule has 0 spiro atoms. The molecule has 1 aromatic heterocycles. The lowest BCUT2D eigenvalue weighted by Crippen LogP contribution is -2.20. The summed E-state index contributed by atoms with van der Waals surface area (Å²) >= 11 is 0. The number of methoxy groups -OCH3 is 1. The Morgan fingerprint density at radius 1 is 1.39 bits per heavy atom. The smallest absolute Gasteiger partial charge is 0.142 e. The SMILES string of the molecule is CC=CCOc1ccc(C)nc1CNCCOC. The topological polar surface area (TPSA) is 43.4 Å². The van der Waals surface area contributed by atoms with Crippen molar-refractivity contribution in [1.82, 2.24) is 10.3 Å². The maximum atomic E-state index is 5.67. The zero-order valence-electron chi connectivity index (χ0n) is 11.4. The number of aryl methyl sites for hydroxylation is 1. The molecule has 0 unspecified atom stereocenters. The maximum Gasteiger partial charge on any atom is 0.142 e. The van der Waals surface area contributed by atoms with Crippen LogP contribution in [-0.4, -0.2) is 31.9 Å². The summed E-state index contributed by atoms with van der Waals surface area (Å²) in [5.74, 6) is 0.837. The zero-order valence-corrected chi connectivity index (χ0v) is 11.4. The summed E-state index contributed by atoms with van der Waals surface area (Å²) in [5.41, 5.74) is 1.94. The van der Waals surface area contributed by atoms with Crippen LogP contribution in [0.1, 0.15) is 18.3 Å². The first-order chi connectivity index (χ1) is 8.77. The molecule has 0 aliphatic heterocycles. The summed E-state index contributed by atoms with van der Waals surface area (Å²) in [6, 6.07) is 3.93. The van der Waals surface area contributed by atoms with E-state index in [2.05, 4.69) is 10.3 Å². The summed E-state index contributed by atoms with van der Waals surface area (Å²) in [7, 11) is 1.69. The minimum Gasteiger partial charge on any atom is -0.488 e. The number of nitrogens with zero attached hydrogens (tertiary/aromatic N) is 1. The van der Waals surface area contributed by atoms with Crippen molar-refractivity contribution in [1.29, 1.82) is 0 Å². The van der Waals surface area contributed by atoms with Crippen LogP contribution in [0.3, 0.4) is 0 Å². The molecule has 1 rings (SSSR count). The highest BCUT2D eigenvalue weighted by Crippen LogP contribution is 2.16. The Balaban J connectivity index is 2.58. The first-order valence-corrected chi connectivity index (χ1v) is 6.18. The fourth-order valence-electron chi connectivity index (χ4n) is 1.47. The second kappa shape index (κ2) is 8.66. The van der Waals surface area contributed by atoms with Crippen molar-refractivity contribution in [3.63, 3.8) is 0 Å². The second-order valence-corrected chi connectivity index (χ2v) is 3.95. The predicted octanol–water partition coefficient (Wildman–Crippen LogP) is 2.08. The monoisotopic (exact) mass is 250 g/mol. The van der Waals surface area contributed by atoms with Gasteiger partial charge in [-0.3, -0.25) is 4.98 Å². The van der Waals surface area contributed by atoms with Crippen LogP contribution in [0.25, 0.3) is 0 Å². The van der Waals surface area contributed by atoms with Crippen molar-refractivity contribution < 1.29 is 9.47 Å². The highest BCUT2D eigenvalue weighted by atomic mass is 16.5. The van der Waals surface area contributed by atoms with Gasteiger partial charge in [-0.15, -0.1) is 0 Å². The second-order valence-electron chi connectivity index (χ2n) is 3.95. The molecule has 0 atom stereocenters. The normalized spacial score (nSPS) is 11.1. The molecule has 100 valence electrons. The molecule has 0 aliphatic rings. The van der Waals surface area contributed by atoms with Crippen LogP contribution >= 0.6 is 0 Å². The highest BCUT2D eigenvalue weighted by molar-refractivity contribution is 5.29. The van der Waals surface area contributed by atoms with E-state index in [0.29, 0.717) is 19.8 Å². The number of pyridine rings is 1. The van der Waals surface area contributed by atoms with Gasteiger partial charge in [-0.05, 0) is 26.0 Å². The fraction of sp³-hybridized carbons (Fsp3) is 0.500. The third-order valence-corrected chi connectivity index (χ3v) is 2.42. The Labute approximate surface area is 109 Å². The van der Waals surface area contributed by atoms with E-state index in [-0.39, 0.29) is 0 Å². The first kappa shape index (κ1) is 14.7. The first-order valence-electron chi connectivity index (χ1n) is 6.18. The van der Waals surface area contributed by atoms with E-state index in [0.717, 1.165) is 23.7 Å². The van der Waals surface area contributed by atoms with Crippen molar-refractivity contribution >= 4 is 0 Å². The average Bonchev–Trinajstić information content (AvgIpc) is 2.37. The lowest BCUT2D eigenvalue weighted by molar-refractivity contribution is 0.199. The molecule has 1 N–H and O–H groups in total. The van der Waals surface area contributed by atoms with Gasteiger partial charge in [0.05, 0.1) is 12.3 Å². The van der Waals surface area contributed by atoms with Gasteiger partial charge in [0.2, 0.25) is 0 Å². The van der Waals surface area contributed by atoms with Gasteiger partial charge in [-0.2, -0.15) is 0 Å². The van der Waals surface area contributed by atoms with Crippen LogP contribution < -0.4 is 10.1 Å².